The van der Waals surface area contributed by atoms with Gasteiger partial charge in [0.15, 0.2) is 0 Å². The van der Waals surface area contributed by atoms with Gasteiger partial charge in [-0.15, -0.1) is 24.8 Å². The maximum atomic E-state index is 12.6. The highest BCUT2D eigenvalue weighted by Crippen LogP contribution is 2.33. The van der Waals surface area contributed by atoms with Crippen LogP contribution >= 0.6 is 11.6 Å². The number of hydrogen-bond donors (Lipinski definition) is 1. The summed E-state index contributed by atoms with van der Waals surface area (Å²) >= 11 is 5.31. The smallest absolute Gasteiger partial charge is 0.477 e. The maximum Gasteiger partial charge on any atom is 0.574 e. The molecule has 0 radical (unpaired) electrons. The number of carbonyl (C=O) groups is 1. The minimum absolute atomic E-state index is 0.399. The normalized spacial score (nSPS) is 11.7. The van der Waals surface area contributed by atoms with Crippen LogP contribution in [0.25, 0.3) is 0 Å². The quantitative estimate of drug-likeness (QED) is 0.684. The van der Waals surface area contributed by atoms with E-state index in [9.17, 15) is 26.7 Å². The lowest BCUT2D eigenvalue weighted by Crippen LogP contribution is -2.21. The van der Waals surface area contributed by atoms with Gasteiger partial charge < -0.3 is 9.84 Å². The molecule has 1 aromatic rings. The molecule has 0 amide bonds. The molecule has 1 N–H and O–H groups in total. The largest absolute Gasteiger partial charge is 0.574 e. The summed E-state index contributed by atoms with van der Waals surface area (Å²) in [4.78, 5) is 13.8. The monoisotopic (exact) mass is 305 g/mol. The molecule has 10 heteroatoms. The molecule has 1 rings (SSSR count). The Kier molecular flexibility index (Phi) is 4.51. The fourth-order valence-corrected chi connectivity index (χ4v) is 1.57. The van der Waals surface area contributed by atoms with Gasteiger partial charge in [0.1, 0.15) is 5.56 Å². The zero-order chi connectivity index (χ0) is 14.8. The number of halogens is 6. The van der Waals surface area contributed by atoms with Crippen molar-refractivity contribution in [2.75, 3.05) is 0 Å². The van der Waals surface area contributed by atoms with Crippen LogP contribution in [-0.2, 0) is 5.88 Å². The predicted molar refractivity (Wildman–Crippen MR) is 52.4 cm³/mol. The number of hydrogen-bond acceptors (Lipinski definition) is 3. The second-order valence-corrected chi connectivity index (χ2v) is 3.43. The standard InChI is InChI=1S/C9H5ClF5NO3/c10-1-3-4(6(11)12)2-16-7(5(3)8(17)18)19-9(13,14)15/h2,6H,1H2,(H,17,18). The first-order valence-corrected chi connectivity index (χ1v) is 5.05. The number of rotatable bonds is 4. The molecule has 1 aromatic heterocycles. The van der Waals surface area contributed by atoms with Gasteiger partial charge in [0.2, 0.25) is 5.88 Å². The van der Waals surface area contributed by atoms with Crippen molar-refractivity contribution in [2.45, 2.75) is 18.7 Å². The van der Waals surface area contributed by atoms with Crippen LogP contribution in [0.2, 0.25) is 0 Å². The van der Waals surface area contributed by atoms with E-state index in [1.807, 2.05) is 0 Å². The SMILES string of the molecule is O=C(O)c1c(OC(F)(F)F)ncc(C(F)F)c1CCl. The van der Waals surface area contributed by atoms with Crippen molar-refractivity contribution in [3.05, 3.63) is 22.9 Å². The molecule has 106 valence electrons. The summed E-state index contributed by atoms with van der Waals surface area (Å²) in [6.45, 7) is 0. The Morgan fingerprint density at radius 3 is 2.42 bits per heavy atom. The van der Waals surface area contributed by atoms with Crippen molar-refractivity contribution < 1.29 is 36.6 Å². The predicted octanol–water partition coefficient (Wildman–Crippen LogP) is 3.35. The molecule has 0 spiro atoms. The Hall–Kier alpha value is -1.64. The van der Waals surface area contributed by atoms with Crippen LogP contribution in [0.4, 0.5) is 22.0 Å². The summed E-state index contributed by atoms with van der Waals surface area (Å²) < 4.78 is 64.7. The second kappa shape index (κ2) is 5.55. The second-order valence-electron chi connectivity index (χ2n) is 3.16. The average molecular weight is 306 g/mol. The molecule has 0 saturated carbocycles. The first-order valence-electron chi connectivity index (χ1n) is 4.52. The van der Waals surface area contributed by atoms with E-state index >= 15 is 0 Å². The van der Waals surface area contributed by atoms with E-state index in [4.69, 9.17) is 16.7 Å². The molecule has 19 heavy (non-hydrogen) atoms. The Labute approximate surface area is 107 Å². The van der Waals surface area contributed by atoms with E-state index in [0.29, 0.717) is 6.20 Å². The molecule has 0 saturated heterocycles. The topological polar surface area (TPSA) is 59.4 Å². The van der Waals surface area contributed by atoms with Crippen molar-refractivity contribution in [3.63, 3.8) is 0 Å². The highest BCUT2D eigenvalue weighted by atomic mass is 35.5. The van der Waals surface area contributed by atoms with Gasteiger partial charge in [-0.25, -0.2) is 18.6 Å². The van der Waals surface area contributed by atoms with Gasteiger partial charge >= 0.3 is 12.3 Å². The number of aromatic nitrogens is 1. The van der Waals surface area contributed by atoms with Gasteiger partial charge in [-0.3, -0.25) is 0 Å². The van der Waals surface area contributed by atoms with Crippen molar-refractivity contribution in [2.24, 2.45) is 0 Å². The van der Waals surface area contributed by atoms with Crippen LogP contribution in [-0.4, -0.2) is 22.4 Å². The molecule has 4 nitrogen and oxygen atoms in total. The molecule has 0 atom stereocenters. The van der Waals surface area contributed by atoms with E-state index in [2.05, 4.69) is 9.72 Å². The highest BCUT2D eigenvalue weighted by Gasteiger charge is 2.35. The lowest BCUT2D eigenvalue weighted by Gasteiger charge is -2.14. The molecular formula is C9H5ClF5NO3. The van der Waals surface area contributed by atoms with Crippen molar-refractivity contribution in [3.8, 4) is 5.88 Å². The van der Waals surface area contributed by atoms with Gasteiger partial charge in [-0.05, 0) is 5.56 Å². The molecule has 0 aromatic carbocycles. The zero-order valence-corrected chi connectivity index (χ0v) is 9.60. The number of carboxylic acids is 1. The third-order valence-corrected chi connectivity index (χ3v) is 2.25. The number of aromatic carboxylic acids is 1. The fourth-order valence-electron chi connectivity index (χ4n) is 1.28. The Morgan fingerprint density at radius 1 is 1.47 bits per heavy atom. The van der Waals surface area contributed by atoms with Crippen molar-refractivity contribution in [1.29, 1.82) is 0 Å². The summed E-state index contributed by atoms with van der Waals surface area (Å²) in [5.41, 5.74) is -2.66. The minimum Gasteiger partial charge on any atom is -0.477 e. The highest BCUT2D eigenvalue weighted by molar-refractivity contribution is 6.17. The Morgan fingerprint density at radius 2 is 2.05 bits per heavy atom. The first kappa shape index (κ1) is 15.4. The van der Waals surface area contributed by atoms with Gasteiger partial charge in [0.25, 0.3) is 6.43 Å². The van der Waals surface area contributed by atoms with Crippen LogP contribution in [0.1, 0.15) is 27.9 Å². The first-order chi connectivity index (χ1) is 8.67. The summed E-state index contributed by atoms with van der Waals surface area (Å²) in [7, 11) is 0. The Balaban J connectivity index is 3.46. The van der Waals surface area contributed by atoms with E-state index in [1.54, 1.807) is 0 Å². The van der Waals surface area contributed by atoms with Crippen LogP contribution < -0.4 is 4.74 Å². The van der Waals surface area contributed by atoms with E-state index in [0.717, 1.165) is 0 Å². The lowest BCUT2D eigenvalue weighted by molar-refractivity contribution is -0.276. The van der Waals surface area contributed by atoms with Gasteiger partial charge in [0, 0.05) is 17.6 Å². The van der Waals surface area contributed by atoms with Crippen molar-refractivity contribution in [1.82, 2.24) is 4.98 Å². The van der Waals surface area contributed by atoms with Crippen LogP contribution in [0.15, 0.2) is 6.20 Å². The van der Waals surface area contributed by atoms with E-state index in [-0.39, 0.29) is 0 Å². The lowest BCUT2D eigenvalue weighted by atomic mass is 10.1. The molecule has 0 aliphatic rings. The van der Waals surface area contributed by atoms with Gasteiger partial charge in [-0.1, -0.05) is 0 Å². The third kappa shape index (κ3) is 3.66. The molecular weight excluding hydrogens is 301 g/mol. The molecule has 0 unspecified atom stereocenters. The van der Waals surface area contributed by atoms with Crippen molar-refractivity contribution >= 4 is 17.6 Å². The van der Waals surface area contributed by atoms with Crippen LogP contribution in [0.5, 0.6) is 5.88 Å². The summed E-state index contributed by atoms with van der Waals surface area (Å²) in [5.74, 6) is -3.96. The van der Waals surface area contributed by atoms with E-state index in [1.165, 1.54) is 0 Å². The zero-order valence-electron chi connectivity index (χ0n) is 8.84. The number of nitrogens with zero attached hydrogens (tertiary/aromatic N) is 1. The molecule has 0 aliphatic carbocycles. The van der Waals surface area contributed by atoms with Gasteiger partial charge in [0.05, 0.1) is 0 Å². The molecule has 0 bridgehead atoms. The summed E-state index contributed by atoms with van der Waals surface area (Å²) in [6.07, 6.45) is -7.93. The molecule has 1 heterocycles. The molecule has 0 aliphatic heterocycles. The number of alkyl halides is 6. The molecule has 0 fully saturated rings. The fraction of sp³-hybridized carbons (Fsp3) is 0.333. The summed E-state index contributed by atoms with van der Waals surface area (Å²) in [6, 6.07) is 0. The third-order valence-electron chi connectivity index (χ3n) is 1.98. The van der Waals surface area contributed by atoms with Crippen LogP contribution in [0.3, 0.4) is 0 Å². The Bertz CT molecular complexity index is 491. The maximum absolute atomic E-state index is 12.6. The van der Waals surface area contributed by atoms with E-state index < -0.39 is 47.2 Å². The number of carboxylic acid groups (broad SMARTS) is 1. The van der Waals surface area contributed by atoms with Gasteiger partial charge in [-0.2, -0.15) is 0 Å². The number of ether oxygens (including phenoxy) is 1. The summed E-state index contributed by atoms with van der Waals surface area (Å²) in [5, 5.41) is 8.79. The minimum atomic E-state index is -5.20. The van der Waals surface area contributed by atoms with Crippen LogP contribution in [0, 0.1) is 0 Å². The average Bonchev–Trinajstić information content (AvgIpc) is 2.25. The number of pyridine rings is 1.